The topological polar surface area (TPSA) is 97.4 Å². The van der Waals surface area contributed by atoms with Gasteiger partial charge in [0.05, 0.1) is 11.4 Å². The van der Waals surface area contributed by atoms with E-state index in [1.54, 1.807) is 31.3 Å². The molecule has 1 amide bonds. The molecule has 3 N–H and O–H groups in total. The van der Waals surface area contributed by atoms with Gasteiger partial charge in [-0.1, -0.05) is 18.6 Å². The summed E-state index contributed by atoms with van der Waals surface area (Å²) in [6.45, 7) is 1.05. The molecule has 0 spiro atoms. The monoisotopic (exact) mass is 398 g/mol. The molecule has 1 saturated heterocycles. The number of aromatic nitrogens is 1. The lowest BCUT2D eigenvalue weighted by molar-refractivity contribution is 0.101. The highest BCUT2D eigenvalue weighted by Gasteiger charge is 2.28. The molecule has 1 aliphatic heterocycles. The molecule has 0 atom stereocenters. The number of para-hydroxylation sites is 2. The van der Waals surface area contributed by atoms with E-state index in [1.165, 1.54) is 21.1 Å². The first-order chi connectivity index (χ1) is 11.9. The standard InChI is InChI=1S/C17H22N4O3S.ClH/c1-20-12-13(25(23,24)21-9-5-2-6-10-21)11-16(20)17(22)19-15-8-4-3-7-14(15)18;/h3-4,7-8,11-12H,2,5-6,9-10,18H2,1H3,(H,19,22);1H. The van der Waals surface area contributed by atoms with Gasteiger partial charge in [0.15, 0.2) is 0 Å². The van der Waals surface area contributed by atoms with Crippen molar-refractivity contribution in [2.75, 3.05) is 24.1 Å². The molecule has 0 unspecified atom stereocenters. The molecule has 0 radical (unpaired) electrons. The zero-order chi connectivity index (χ0) is 18.0. The Hall–Kier alpha value is -2.03. The third-order valence-corrected chi connectivity index (χ3v) is 6.24. The van der Waals surface area contributed by atoms with Crippen LogP contribution in [-0.2, 0) is 17.1 Å². The third kappa shape index (κ3) is 4.03. The molecule has 1 aliphatic rings. The number of hydrogen-bond acceptors (Lipinski definition) is 4. The van der Waals surface area contributed by atoms with Gasteiger partial charge < -0.3 is 15.6 Å². The Morgan fingerprint density at radius 1 is 1.15 bits per heavy atom. The van der Waals surface area contributed by atoms with Crippen LogP contribution in [0.5, 0.6) is 0 Å². The number of nitrogens with two attached hydrogens (primary N) is 1. The second-order valence-corrected chi connectivity index (χ2v) is 8.12. The summed E-state index contributed by atoms with van der Waals surface area (Å²) in [5.41, 5.74) is 7.04. The fraction of sp³-hybridized carbons (Fsp3) is 0.353. The number of benzene rings is 1. The van der Waals surface area contributed by atoms with E-state index in [4.69, 9.17) is 5.73 Å². The van der Waals surface area contributed by atoms with Gasteiger partial charge in [-0.15, -0.1) is 12.4 Å². The first kappa shape index (κ1) is 20.3. The summed E-state index contributed by atoms with van der Waals surface area (Å²) < 4.78 is 28.5. The third-order valence-electron chi connectivity index (χ3n) is 4.37. The largest absolute Gasteiger partial charge is 0.397 e. The van der Waals surface area contributed by atoms with Gasteiger partial charge in [0.25, 0.3) is 5.91 Å². The molecule has 2 heterocycles. The second-order valence-electron chi connectivity index (χ2n) is 6.18. The van der Waals surface area contributed by atoms with Gasteiger partial charge >= 0.3 is 0 Å². The zero-order valence-corrected chi connectivity index (χ0v) is 16.1. The van der Waals surface area contributed by atoms with E-state index in [2.05, 4.69) is 5.32 Å². The number of hydrogen-bond donors (Lipinski definition) is 2. The lowest BCUT2D eigenvalue weighted by Crippen LogP contribution is -2.35. The van der Waals surface area contributed by atoms with E-state index in [-0.39, 0.29) is 23.0 Å². The van der Waals surface area contributed by atoms with Crippen molar-refractivity contribution in [3.05, 3.63) is 42.2 Å². The molecular formula is C17H23ClN4O3S. The quantitative estimate of drug-likeness (QED) is 0.773. The van der Waals surface area contributed by atoms with Gasteiger partial charge in [0.2, 0.25) is 10.0 Å². The normalized spacial score (nSPS) is 15.3. The van der Waals surface area contributed by atoms with Crippen LogP contribution in [0.25, 0.3) is 0 Å². The molecule has 1 fully saturated rings. The molecule has 7 nitrogen and oxygen atoms in total. The SMILES string of the molecule is Cl.Cn1cc(S(=O)(=O)N2CCCCC2)cc1C(=O)Nc1ccccc1N. The van der Waals surface area contributed by atoms with Crippen LogP contribution in [0.1, 0.15) is 29.8 Å². The minimum Gasteiger partial charge on any atom is -0.397 e. The Kier molecular flexibility index (Phi) is 6.33. The van der Waals surface area contributed by atoms with Gasteiger partial charge in [-0.3, -0.25) is 4.79 Å². The number of nitrogens with one attached hydrogen (secondary N) is 1. The number of carbonyl (C=O) groups is 1. The lowest BCUT2D eigenvalue weighted by atomic mass is 10.2. The minimum absolute atomic E-state index is 0. The van der Waals surface area contributed by atoms with Crippen LogP contribution in [0.3, 0.4) is 0 Å². The summed E-state index contributed by atoms with van der Waals surface area (Å²) in [7, 11) is -1.92. The molecule has 0 aliphatic carbocycles. The van der Waals surface area contributed by atoms with Crippen molar-refractivity contribution >= 4 is 39.7 Å². The van der Waals surface area contributed by atoms with Gasteiger partial charge in [-0.05, 0) is 31.0 Å². The van der Waals surface area contributed by atoms with Crippen LogP contribution < -0.4 is 11.1 Å². The molecule has 9 heteroatoms. The summed E-state index contributed by atoms with van der Waals surface area (Å²) in [5.74, 6) is -0.402. The first-order valence-electron chi connectivity index (χ1n) is 8.22. The number of rotatable bonds is 4. The smallest absolute Gasteiger partial charge is 0.272 e. The van der Waals surface area contributed by atoms with Crippen LogP contribution in [0.15, 0.2) is 41.4 Å². The molecule has 142 valence electrons. The summed E-state index contributed by atoms with van der Waals surface area (Å²) in [6.07, 6.45) is 4.26. The van der Waals surface area contributed by atoms with E-state index in [1.807, 2.05) is 0 Å². The molecule has 2 aromatic rings. The molecule has 3 rings (SSSR count). The van der Waals surface area contributed by atoms with Gasteiger partial charge in [0, 0.05) is 26.3 Å². The van der Waals surface area contributed by atoms with E-state index in [9.17, 15) is 13.2 Å². The first-order valence-corrected chi connectivity index (χ1v) is 9.66. The second kappa shape index (κ2) is 8.11. The predicted molar refractivity (Wildman–Crippen MR) is 104 cm³/mol. The summed E-state index contributed by atoms with van der Waals surface area (Å²) in [5, 5.41) is 2.72. The molecule has 1 aromatic carbocycles. The highest BCUT2D eigenvalue weighted by atomic mass is 35.5. The number of sulfonamides is 1. The maximum Gasteiger partial charge on any atom is 0.272 e. The van der Waals surface area contributed by atoms with Crippen molar-refractivity contribution in [1.82, 2.24) is 8.87 Å². The highest BCUT2D eigenvalue weighted by Crippen LogP contribution is 2.23. The average molecular weight is 399 g/mol. The number of amides is 1. The number of piperidine rings is 1. The highest BCUT2D eigenvalue weighted by molar-refractivity contribution is 7.89. The van der Waals surface area contributed by atoms with Crippen molar-refractivity contribution in [3.63, 3.8) is 0 Å². The molecule has 0 bridgehead atoms. The number of nitrogen functional groups attached to an aromatic ring is 1. The number of aryl methyl sites for hydroxylation is 1. The van der Waals surface area contributed by atoms with Gasteiger partial charge in [-0.2, -0.15) is 4.31 Å². The van der Waals surface area contributed by atoms with E-state index in [0.717, 1.165) is 19.3 Å². The molecule has 1 aromatic heterocycles. The minimum atomic E-state index is -3.57. The molecule has 26 heavy (non-hydrogen) atoms. The van der Waals surface area contributed by atoms with Gasteiger partial charge in [0.1, 0.15) is 10.6 Å². The number of nitrogens with zero attached hydrogens (tertiary/aromatic N) is 2. The molecule has 0 saturated carbocycles. The number of anilines is 2. The Bertz CT molecular complexity index is 889. The van der Waals surface area contributed by atoms with Crippen LogP contribution in [0, 0.1) is 0 Å². The zero-order valence-electron chi connectivity index (χ0n) is 14.5. The van der Waals surface area contributed by atoms with Crippen LogP contribution >= 0.6 is 12.4 Å². The Balaban J connectivity index is 0.00000243. The summed E-state index contributed by atoms with van der Waals surface area (Å²) in [4.78, 5) is 12.6. The van der Waals surface area contributed by atoms with E-state index >= 15 is 0 Å². The number of carbonyl (C=O) groups excluding carboxylic acids is 1. The van der Waals surface area contributed by atoms with Crippen molar-refractivity contribution in [2.24, 2.45) is 7.05 Å². The maximum atomic E-state index is 12.7. The Labute approximate surface area is 159 Å². The van der Waals surface area contributed by atoms with Crippen molar-refractivity contribution in [3.8, 4) is 0 Å². The van der Waals surface area contributed by atoms with E-state index in [0.29, 0.717) is 24.5 Å². The maximum absolute atomic E-state index is 12.7. The Morgan fingerprint density at radius 3 is 2.46 bits per heavy atom. The molecular weight excluding hydrogens is 376 g/mol. The van der Waals surface area contributed by atoms with Crippen LogP contribution in [0.4, 0.5) is 11.4 Å². The van der Waals surface area contributed by atoms with Crippen molar-refractivity contribution in [1.29, 1.82) is 0 Å². The van der Waals surface area contributed by atoms with Crippen molar-refractivity contribution < 1.29 is 13.2 Å². The Morgan fingerprint density at radius 2 is 1.81 bits per heavy atom. The van der Waals surface area contributed by atoms with E-state index < -0.39 is 15.9 Å². The fourth-order valence-electron chi connectivity index (χ4n) is 2.95. The predicted octanol–water partition coefficient (Wildman–Crippen LogP) is 2.46. The summed E-state index contributed by atoms with van der Waals surface area (Å²) >= 11 is 0. The van der Waals surface area contributed by atoms with Crippen LogP contribution in [-0.4, -0.2) is 36.3 Å². The van der Waals surface area contributed by atoms with Gasteiger partial charge in [-0.25, -0.2) is 8.42 Å². The van der Waals surface area contributed by atoms with Crippen molar-refractivity contribution in [2.45, 2.75) is 24.2 Å². The average Bonchev–Trinajstić information content (AvgIpc) is 3.00. The summed E-state index contributed by atoms with van der Waals surface area (Å²) in [6, 6.07) is 8.34. The fourth-order valence-corrected chi connectivity index (χ4v) is 4.54. The lowest BCUT2D eigenvalue weighted by Gasteiger charge is -2.25. The van der Waals surface area contributed by atoms with Crippen LogP contribution in [0.2, 0.25) is 0 Å². The number of halogens is 1.